The lowest BCUT2D eigenvalue weighted by Gasteiger charge is -2.00. The maximum Gasteiger partial charge on any atom is 0.269 e. The number of hydrazone groups is 1. The minimum atomic E-state index is -0.475. The van der Waals surface area contributed by atoms with E-state index in [1.807, 2.05) is 0 Å². The molecule has 0 aliphatic carbocycles. The van der Waals surface area contributed by atoms with Gasteiger partial charge in [0, 0.05) is 22.6 Å². The first-order valence-corrected chi connectivity index (χ1v) is 9.33. The summed E-state index contributed by atoms with van der Waals surface area (Å²) < 4.78 is 5.64. The first-order valence-electron chi connectivity index (χ1n) is 8.34. The summed E-state index contributed by atoms with van der Waals surface area (Å²) in [4.78, 5) is 22.7. The van der Waals surface area contributed by atoms with Gasteiger partial charge in [-0.3, -0.25) is 14.9 Å². The van der Waals surface area contributed by atoms with Crippen LogP contribution in [-0.4, -0.2) is 22.8 Å². The van der Waals surface area contributed by atoms with E-state index in [2.05, 4.69) is 16.6 Å². The van der Waals surface area contributed by atoms with Crippen LogP contribution in [0.3, 0.4) is 0 Å². The number of nitro groups is 1. The molecule has 0 radical (unpaired) electrons. The molecule has 8 nitrogen and oxygen atoms in total. The summed E-state index contributed by atoms with van der Waals surface area (Å²) in [5, 5.41) is 23.3. The minimum Gasteiger partial charge on any atom is -0.455 e. The van der Waals surface area contributed by atoms with Gasteiger partial charge in [0.25, 0.3) is 5.69 Å². The fraction of sp³-hybridized carbons (Fsp3) is 0.0500. The molecule has 0 fully saturated rings. The van der Waals surface area contributed by atoms with Crippen LogP contribution in [0.2, 0.25) is 0 Å². The highest BCUT2D eigenvalue weighted by atomic mass is 32.2. The molecule has 0 unspecified atom stereocenters. The lowest BCUT2D eigenvalue weighted by atomic mass is 10.1. The van der Waals surface area contributed by atoms with Crippen molar-refractivity contribution < 1.29 is 14.1 Å². The SMILES string of the molecule is N#Cc1ccc(-c2ccc(/C=N\NC(=O)CSc3ccc([N+](=O)[O-])cc3)o2)cc1. The summed E-state index contributed by atoms with van der Waals surface area (Å²) in [6.07, 6.45) is 1.39. The van der Waals surface area contributed by atoms with Crippen LogP contribution in [0.15, 0.2) is 75.1 Å². The summed E-state index contributed by atoms with van der Waals surface area (Å²) >= 11 is 1.24. The first-order chi connectivity index (χ1) is 14.0. The molecule has 144 valence electrons. The molecule has 0 aliphatic heterocycles. The van der Waals surface area contributed by atoms with Gasteiger partial charge in [0.15, 0.2) is 0 Å². The highest BCUT2D eigenvalue weighted by Crippen LogP contribution is 2.22. The number of hydrogen-bond donors (Lipinski definition) is 1. The van der Waals surface area contributed by atoms with Gasteiger partial charge in [-0.05, 0) is 48.5 Å². The highest BCUT2D eigenvalue weighted by Gasteiger charge is 2.07. The Bertz CT molecular complexity index is 1080. The maximum absolute atomic E-state index is 11.9. The van der Waals surface area contributed by atoms with Gasteiger partial charge in [-0.15, -0.1) is 11.8 Å². The molecule has 0 saturated heterocycles. The fourth-order valence-electron chi connectivity index (χ4n) is 2.30. The molecule has 1 heterocycles. The second-order valence-corrected chi connectivity index (χ2v) is 6.77. The number of rotatable bonds is 7. The van der Waals surface area contributed by atoms with Crippen molar-refractivity contribution in [1.82, 2.24) is 5.43 Å². The van der Waals surface area contributed by atoms with Gasteiger partial charge in [-0.25, -0.2) is 5.43 Å². The molecule has 0 aliphatic rings. The molecule has 1 amide bonds. The summed E-state index contributed by atoms with van der Waals surface area (Å²) in [5.41, 5.74) is 3.79. The molecular formula is C20H14N4O4S. The van der Waals surface area contributed by atoms with Crippen LogP contribution in [0.5, 0.6) is 0 Å². The van der Waals surface area contributed by atoms with E-state index < -0.39 is 4.92 Å². The third-order valence-electron chi connectivity index (χ3n) is 3.72. The molecule has 1 aromatic heterocycles. The second-order valence-electron chi connectivity index (χ2n) is 5.72. The third-order valence-corrected chi connectivity index (χ3v) is 4.74. The average Bonchev–Trinajstić information content (AvgIpc) is 3.21. The Labute approximate surface area is 170 Å². The standard InChI is InChI=1S/C20H14N4O4S/c21-11-14-1-3-15(4-2-14)19-10-7-17(28-19)12-22-23-20(25)13-29-18-8-5-16(6-9-18)24(26)27/h1-10,12H,13H2,(H,23,25)/b22-12-. The van der Waals surface area contributed by atoms with Crippen molar-refractivity contribution in [2.45, 2.75) is 4.90 Å². The van der Waals surface area contributed by atoms with E-state index in [0.29, 0.717) is 17.1 Å². The van der Waals surface area contributed by atoms with Crippen molar-refractivity contribution in [3.05, 3.63) is 82.1 Å². The number of benzene rings is 2. The van der Waals surface area contributed by atoms with E-state index in [0.717, 1.165) is 10.5 Å². The molecular weight excluding hydrogens is 392 g/mol. The van der Waals surface area contributed by atoms with Gasteiger partial charge in [0.2, 0.25) is 5.91 Å². The number of nitrogens with one attached hydrogen (secondary N) is 1. The zero-order chi connectivity index (χ0) is 20.6. The number of carbonyl (C=O) groups excluding carboxylic acids is 1. The summed E-state index contributed by atoms with van der Waals surface area (Å²) in [7, 11) is 0. The Balaban J connectivity index is 1.49. The van der Waals surface area contributed by atoms with Crippen LogP contribution < -0.4 is 5.43 Å². The van der Waals surface area contributed by atoms with Crippen molar-refractivity contribution in [2.24, 2.45) is 5.10 Å². The van der Waals surface area contributed by atoms with Gasteiger partial charge in [0.1, 0.15) is 11.5 Å². The number of carbonyl (C=O) groups is 1. The molecule has 0 saturated carbocycles. The van der Waals surface area contributed by atoms with Crippen LogP contribution in [0.25, 0.3) is 11.3 Å². The van der Waals surface area contributed by atoms with Gasteiger partial charge < -0.3 is 4.42 Å². The predicted octanol–water partition coefficient (Wildman–Crippen LogP) is 3.97. The Morgan fingerprint density at radius 3 is 2.55 bits per heavy atom. The van der Waals surface area contributed by atoms with Gasteiger partial charge in [-0.2, -0.15) is 10.4 Å². The Morgan fingerprint density at radius 2 is 1.90 bits per heavy atom. The Hall–Kier alpha value is -3.90. The molecule has 29 heavy (non-hydrogen) atoms. The lowest BCUT2D eigenvalue weighted by Crippen LogP contribution is -2.19. The van der Waals surface area contributed by atoms with Crippen LogP contribution in [0, 0.1) is 21.4 Å². The largest absolute Gasteiger partial charge is 0.455 e. The van der Waals surface area contributed by atoms with E-state index >= 15 is 0 Å². The molecule has 0 spiro atoms. The molecule has 2 aromatic carbocycles. The van der Waals surface area contributed by atoms with Crippen molar-refractivity contribution in [2.75, 3.05) is 5.75 Å². The number of furan rings is 1. The van der Waals surface area contributed by atoms with Crippen LogP contribution in [0.1, 0.15) is 11.3 Å². The van der Waals surface area contributed by atoms with E-state index in [9.17, 15) is 14.9 Å². The number of nitro benzene ring substituents is 1. The average molecular weight is 406 g/mol. The predicted molar refractivity (Wildman–Crippen MR) is 108 cm³/mol. The fourth-order valence-corrected chi connectivity index (χ4v) is 2.99. The maximum atomic E-state index is 11.9. The molecule has 9 heteroatoms. The first kappa shape index (κ1) is 19.9. The van der Waals surface area contributed by atoms with Gasteiger partial charge >= 0.3 is 0 Å². The highest BCUT2D eigenvalue weighted by molar-refractivity contribution is 8.00. The number of non-ortho nitro benzene ring substituents is 1. The lowest BCUT2D eigenvalue weighted by molar-refractivity contribution is -0.384. The number of nitrogens with zero attached hydrogens (tertiary/aromatic N) is 3. The van der Waals surface area contributed by atoms with E-state index in [4.69, 9.17) is 9.68 Å². The normalized spacial score (nSPS) is 10.6. The zero-order valence-electron chi connectivity index (χ0n) is 14.9. The van der Waals surface area contributed by atoms with E-state index in [-0.39, 0.29) is 17.3 Å². The quantitative estimate of drug-likeness (QED) is 0.274. The monoisotopic (exact) mass is 406 g/mol. The van der Waals surface area contributed by atoms with Crippen LogP contribution in [-0.2, 0) is 4.79 Å². The van der Waals surface area contributed by atoms with Crippen LogP contribution >= 0.6 is 11.8 Å². The molecule has 1 N–H and O–H groups in total. The number of thioether (sulfide) groups is 1. The smallest absolute Gasteiger partial charge is 0.269 e. The summed E-state index contributed by atoms with van der Waals surface area (Å²) in [5.74, 6) is 0.885. The molecule has 3 rings (SSSR count). The van der Waals surface area contributed by atoms with Crippen molar-refractivity contribution in [3.8, 4) is 17.4 Å². The van der Waals surface area contributed by atoms with Crippen molar-refractivity contribution in [3.63, 3.8) is 0 Å². The van der Waals surface area contributed by atoms with Crippen LogP contribution in [0.4, 0.5) is 5.69 Å². The van der Waals surface area contributed by atoms with Gasteiger partial charge in [-0.1, -0.05) is 0 Å². The molecule has 0 bridgehead atoms. The van der Waals surface area contributed by atoms with Crippen molar-refractivity contribution in [1.29, 1.82) is 5.26 Å². The zero-order valence-corrected chi connectivity index (χ0v) is 15.8. The topological polar surface area (TPSA) is 122 Å². The Kier molecular flexibility index (Phi) is 6.40. The number of nitriles is 1. The molecule has 3 aromatic rings. The summed E-state index contributed by atoms with van der Waals surface area (Å²) in [6.45, 7) is 0. The number of hydrogen-bond acceptors (Lipinski definition) is 7. The minimum absolute atomic E-state index is 0.00206. The van der Waals surface area contributed by atoms with E-state index in [1.54, 1.807) is 48.5 Å². The molecule has 0 atom stereocenters. The third kappa shape index (κ3) is 5.54. The van der Waals surface area contributed by atoms with Gasteiger partial charge in [0.05, 0.1) is 28.5 Å². The Morgan fingerprint density at radius 1 is 1.17 bits per heavy atom. The summed E-state index contributed by atoms with van der Waals surface area (Å²) in [6, 6.07) is 18.5. The second kappa shape index (κ2) is 9.34. The van der Waals surface area contributed by atoms with Crippen molar-refractivity contribution >= 4 is 29.6 Å². The number of amides is 1. The van der Waals surface area contributed by atoms with E-state index in [1.165, 1.54) is 30.1 Å².